The van der Waals surface area contributed by atoms with E-state index in [0.717, 1.165) is 12.1 Å². The maximum atomic E-state index is 12.9. The van der Waals surface area contributed by atoms with Gasteiger partial charge in [0.1, 0.15) is 0 Å². The molecule has 0 unspecified atom stereocenters. The molecule has 0 saturated heterocycles. The number of benzene rings is 2. The molecule has 0 aliphatic heterocycles. The van der Waals surface area contributed by atoms with Crippen LogP contribution in [0.15, 0.2) is 57.7 Å². The van der Waals surface area contributed by atoms with Gasteiger partial charge in [0, 0.05) is 6.54 Å². The van der Waals surface area contributed by atoms with Gasteiger partial charge in [0.15, 0.2) is 12.2 Å². The first-order chi connectivity index (χ1) is 13.8. The molecular formula is C19H15F3N2O5. The number of oxazole rings is 1. The molecule has 0 aliphatic carbocycles. The second-order valence-corrected chi connectivity index (χ2v) is 5.99. The topological polar surface area (TPSA) is 90.5 Å². The quantitative estimate of drug-likeness (QED) is 0.633. The van der Waals surface area contributed by atoms with Crippen LogP contribution >= 0.6 is 0 Å². The van der Waals surface area contributed by atoms with Crippen molar-refractivity contribution in [1.29, 1.82) is 0 Å². The molecule has 0 bridgehead atoms. The summed E-state index contributed by atoms with van der Waals surface area (Å²) in [5, 5.41) is 2.07. The number of anilines is 1. The number of alkyl halides is 3. The van der Waals surface area contributed by atoms with E-state index in [1.165, 1.54) is 16.7 Å². The summed E-state index contributed by atoms with van der Waals surface area (Å²) in [4.78, 5) is 35.5. The van der Waals surface area contributed by atoms with E-state index in [9.17, 15) is 27.6 Å². The lowest BCUT2D eigenvalue weighted by Crippen LogP contribution is -2.23. The van der Waals surface area contributed by atoms with Gasteiger partial charge in [-0.15, -0.1) is 0 Å². The third-order valence-corrected chi connectivity index (χ3v) is 3.98. The SMILES string of the molecule is O=C(COC(=O)CCn1c(=O)oc2ccccc21)Nc1ccccc1C(F)(F)F. The van der Waals surface area contributed by atoms with Crippen LogP contribution in [0.4, 0.5) is 18.9 Å². The minimum Gasteiger partial charge on any atom is -0.456 e. The summed E-state index contributed by atoms with van der Waals surface area (Å²) in [6.45, 7) is -0.792. The molecule has 1 heterocycles. The molecule has 0 aliphatic rings. The van der Waals surface area contributed by atoms with Gasteiger partial charge >= 0.3 is 17.9 Å². The first-order valence-corrected chi connectivity index (χ1v) is 8.46. The van der Waals surface area contributed by atoms with Crippen LogP contribution in [0.5, 0.6) is 0 Å². The number of aromatic nitrogens is 1. The monoisotopic (exact) mass is 408 g/mol. The summed E-state index contributed by atoms with van der Waals surface area (Å²) >= 11 is 0. The maximum Gasteiger partial charge on any atom is 0.419 e. The Kier molecular flexibility index (Phi) is 5.71. The predicted octanol–water partition coefficient (Wildman–Crippen LogP) is 3.19. The summed E-state index contributed by atoms with van der Waals surface area (Å²) in [6, 6.07) is 11.1. The number of hydrogen-bond acceptors (Lipinski definition) is 5. The standard InChI is InChI=1S/C19H15F3N2O5/c20-19(21,22)12-5-1-2-6-13(12)23-16(25)11-28-17(26)9-10-24-14-7-3-4-8-15(14)29-18(24)27/h1-8H,9-11H2,(H,23,25). The van der Waals surface area contributed by atoms with Crippen molar-refractivity contribution in [2.45, 2.75) is 19.1 Å². The first kappa shape index (κ1) is 20.2. The third kappa shape index (κ3) is 4.84. The Bertz CT molecular complexity index is 1100. The second kappa shape index (κ2) is 8.21. The Morgan fingerprint density at radius 2 is 1.76 bits per heavy atom. The lowest BCUT2D eigenvalue weighted by molar-refractivity contribution is -0.147. The molecule has 0 fully saturated rings. The molecule has 7 nitrogen and oxygen atoms in total. The van der Waals surface area contributed by atoms with Gasteiger partial charge in [-0.1, -0.05) is 24.3 Å². The van der Waals surface area contributed by atoms with Gasteiger partial charge in [-0.3, -0.25) is 14.2 Å². The van der Waals surface area contributed by atoms with Crippen molar-refractivity contribution in [3.8, 4) is 0 Å². The van der Waals surface area contributed by atoms with Crippen LogP contribution in [0.2, 0.25) is 0 Å². The van der Waals surface area contributed by atoms with E-state index >= 15 is 0 Å². The highest BCUT2D eigenvalue weighted by atomic mass is 19.4. The van der Waals surface area contributed by atoms with Crippen LogP contribution in [-0.4, -0.2) is 23.1 Å². The highest BCUT2D eigenvalue weighted by molar-refractivity contribution is 5.93. The van der Waals surface area contributed by atoms with Crippen molar-refractivity contribution in [3.63, 3.8) is 0 Å². The number of rotatable bonds is 6. The average molecular weight is 408 g/mol. The van der Waals surface area contributed by atoms with Gasteiger partial charge in [0.05, 0.1) is 23.2 Å². The molecule has 0 saturated carbocycles. The zero-order valence-corrected chi connectivity index (χ0v) is 14.9. The minimum atomic E-state index is -4.64. The van der Waals surface area contributed by atoms with Crippen molar-refractivity contribution >= 4 is 28.7 Å². The van der Waals surface area contributed by atoms with Crippen LogP contribution < -0.4 is 11.1 Å². The van der Waals surface area contributed by atoms with Gasteiger partial charge < -0.3 is 14.5 Å². The number of amides is 1. The summed E-state index contributed by atoms with van der Waals surface area (Å²) in [5.41, 5.74) is -0.566. The van der Waals surface area contributed by atoms with Crippen LogP contribution in [0.3, 0.4) is 0 Å². The van der Waals surface area contributed by atoms with Crippen molar-refractivity contribution in [2.75, 3.05) is 11.9 Å². The van der Waals surface area contributed by atoms with Crippen molar-refractivity contribution in [2.24, 2.45) is 0 Å². The number of halogens is 3. The van der Waals surface area contributed by atoms with E-state index in [0.29, 0.717) is 11.1 Å². The Hall–Kier alpha value is -3.56. The van der Waals surface area contributed by atoms with Gasteiger partial charge in [-0.2, -0.15) is 13.2 Å². The van der Waals surface area contributed by atoms with Gasteiger partial charge in [-0.25, -0.2) is 4.79 Å². The number of fused-ring (bicyclic) bond motifs is 1. The Balaban J connectivity index is 1.54. The van der Waals surface area contributed by atoms with Crippen molar-refractivity contribution in [1.82, 2.24) is 4.57 Å². The molecule has 0 atom stereocenters. The lowest BCUT2D eigenvalue weighted by atomic mass is 10.1. The number of nitrogens with zero attached hydrogens (tertiary/aromatic N) is 1. The normalized spacial score (nSPS) is 11.4. The average Bonchev–Trinajstić information content (AvgIpc) is 2.99. The van der Waals surface area contributed by atoms with E-state index in [2.05, 4.69) is 5.32 Å². The second-order valence-electron chi connectivity index (χ2n) is 5.99. The van der Waals surface area contributed by atoms with Gasteiger partial charge in [-0.05, 0) is 24.3 Å². The van der Waals surface area contributed by atoms with E-state index in [1.807, 2.05) is 0 Å². The van der Waals surface area contributed by atoms with Gasteiger partial charge in [0.2, 0.25) is 0 Å². The Morgan fingerprint density at radius 3 is 2.52 bits per heavy atom. The summed E-state index contributed by atoms with van der Waals surface area (Å²) < 4.78 is 49.8. The fourth-order valence-electron chi connectivity index (χ4n) is 2.67. The summed E-state index contributed by atoms with van der Waals surface area (Å²) in [7, 11) is 0. The molecule has 0 spiro atoms. The molecule has 3 rings (SSSR count). The lowest BCUT2D eigenvalue weighted by Gasteiger charge is -2.13. The number of carbonyl (C=O) groups excluding carboxylic acids is 2. The summed E-state index contributed by atoms with van der Waals surface area (Å²) in [6.07, 6.45) is -4.86. The van der Waals surface area contributed by atoms with Crippen LogP contribution in [-0.2, 0) is 27.0 Å². The maximum absolute atomic E-state index is 12.9. The third-order valence-electron chi connectivity index (χ3n) is 3.98. The smallest absolute Gasteiger partial charge is 0.419 e. The molecule has 29 heavy (non-hydrogen) atoms. The number of aryl methyl sites for hydroxylation is 1. The number of esters is 1. The van der Waals surface area contributed by atoms with Crippen LogP contribution in [0, 0.1) is 0 Å². The van der Waals surface area contributed by atoms with Gasteiger partial charge in [0.25, 0.3) is 5.91 Å². The molecule has 10 heteroatoms. The van der Waals surface area contributed by atoms with E-state index < -0.39 is 41.7 Å². The number of para-hydroxylation sites is 3. The number of nitrogens with one attached hydrogen (secondary N) is 1. The molecular weight excluding hydrogens is 393 g/mol. The molecule has 1 amide bonds. The van der Waals surface area contributed by atoms with Crippen LogP contribution in [0.1, 0.15) is 12.0 Å². The fraction of sp³-hybridized carbons (Fsp3) is 0.211. The molecule has 1 N–H and O–H groups in total. The largest absolute Gasteiger partial charge is 0.456 e. The number of hydrogen-bond donors (Lipinski definition) is 1. The summed E-state index contributed by atoms with van der Waals surface area (Å²) in [5.74, 6) is -2.34. The minimum absolute atomic E-state index is 0.0345. The van der Waals surface area contributed by atoms with Crippen molar-refractivity contribution < 1.29 is 31.9 Å². The van der Waals surface area contributed by atoms with E-state index in [4.69, 9.17) is 9.15 Å². The number of carbonyl (C=O) groups is 2. The zero-order valence-electron chi connectivity index (χ0n) is 14.9. The Labute approximate surface area is 161 Å². The highest BCUT2D eigenvalue weighted by Gasteiger charge is 2.33. The molecule has 1 aromatic heterocycles. The molecule has 0 radical (unpaired) electrons. The predicted molar refractivity (Wildman–Crippen MR) is 96.1 cm³/mol. The molecule has 3 aromatic rings. The fourth-order valence-corrected chi connectivity index (χ4v) is 2.67. The molecule has 2 aromatic carbocycles. The van der Waals surface area contributed by atoms with Crippen LogP contribution in [0.25, 0.3) is 11.1 Å². The Morgan fingerprint density at radius 1 is 1.07 bits per heavy atom. The highest BCUT2D eigenvalue weighted by Crippen LogP contribution is 2.34. The zero-order chi connectivity index (χ0) is 21.0. The molecule has 152 valence electrons. The number of ether oxygens (including phenoxy) is 1. The van der Waals surface area contributed by atoms with E-state index in [-0.39, 0.29) is 13.0 Å². The van der Waals surface area contributed by atoms with Crippen molar-refractivity contribution in [3.05, 3.63) is 64.6 Å². The van der Waals surface area contributed by atoms with E-state index in [1.54, 1.807) is 24.3 Å². The first-order valence-electron chi connectivity index (χ1n) is 8.46.